The molecule has 11 heteroatoms. The molecule has 0 bridgehead atoms. The highest BCUT2D eigenvalue weighted by Crippen LogP contribution is 2.27. The molecule has 0 radical (unpaired) electrons. The van der Waals surface area contributed by atoms with E-state index in [4.69, 9.17) is 0 Å². The number of sulfonamides is 1. The van der Waals surface area contributed by atoms with Crippen LogP contribution in [0, 0.1) is 10.1 Å². The minimum atomic E-state index is -4.09. The Bertz CT molecular complexity index is 842. The smallest absolute Gasteiger partial charge is 0.304 e. The van der Waals surface area contributed by atoms with Gasteiger partial charge in [0.15, 0.2) is 4.90 Å². The molecule has 112 valence electrons. The standard InChI is InChI=1S/C10H8BrN3O5S2/c11-6-1-2-8(14(16)17)9(3-6)21(18,19)12-4-7-5-20-10(15)13-7/h1-3,5,12H,4H2,(H,13,15). The molecule has 1 heterocycles. The summed E-state index contributed by atoms with van der Waals surface area (Å²) in [4.78, 5) is 22.8. The van der Waals surface area contributed by atoms with E-state index in [1.54, 1.807) is 0 Å². The van der Waals surface area contributed by atoms with Gasteiger partial charge in [-0.2, -0.15) is 0 Å². The Morgan fingerprint density at radius 2 is 2.14 bits per heavy atom. The van der Waals surface area contributed by atoms with Crippen molar-refractivity contribution >= 4 is 43.0 Å². The molecule has 0 amide bonds. The maximum atomic E-state index is 12.2. The summed E-state index contributed by atoms with van der Waals surface area (Å²) >= 11 is 3.98. The van der Waals surface area contributed by atoms with E-state index in [0.717, 1.165) is 23.5 Å². The lowest BCUT2D eigenvalue weighted by Crippen LogP contribution is -2.24. The highest BCUT2D eigenvalue weighted by Gasteiger charge is 2.25. The van der Waals surface area contributed by atoms with Gasteiger partial charge < -0.3 is 4.98 Å². The van der Waals surface area contributed by atoms with E-state index in [1.807, 2.05) is 0 Å². The number of nitro benzene ring substituents is 1. The zero-order chi connectivity index (χ0) is 15.6. The number of hydrogen-bond donors (Lipinski definition) is 2. The van der Waals surface area contributed by atoms with Crippen molar-refractivity contribution in [2.75, 3.05) is 0 Å². The van der Waals surface area contributed by atoms with Crippen LogP contribution < -0.4 is 9.60 Å². The van der Waals surface area contributed by atoms with Crippen LogP contribution in [0.4, 0.5) is 5.69 Å². The molecule has 0 aliphatic rings. The van der Waals surface area contributed by atoms with Crippen LogP contribution in [0.3, 0.4) is 0 Å². The Kier molecular flexibility index (Phi) is 4.56. The molecular formula is C10H8BrN3O5S2. The zero-order valence-corrected chi connectivity index (χ0v) is 13.4. The van der Waals surface area contributed by atoms with Crippen molar-refractivity contribution in [2.45, 2.75) is 11.4 Å². The minimum absolute atomic E-state index is 0.162. The first-order chi connectivity index (χ1) is 9.79. The van der Waals surface area contributed by atoms with Gasteiger partial charge in [-0.05, 0) is 12.1 Å². The van der Waals surface area contributed by atoms with Crippen LogP contribution in [0.25, 0.3) is 0 Å². The van der Waals surface area contributed by atoms with E-state index >= 15 is 0 Å². The fourth-order valence-corrected chi connectivity index (χ4v) is 3.80. The van der Waals surface area contributed by atoms with Gasteiger partial charge in [-0.25, -0.2) is 13.1 Å². The summed E-state index contributed by atoms with van der Waals surface area (Å²) in [7, 11) is -4.09. The van der Waals surface area contributed by atoms with Gasteiger partial charge in [0, 0.05) is 21.6 Å². The topological polar surface area (TPSA) is 122 Å². The van der Waals surface area contributed by atoms with E-state index in [0.29, 0.717) is 10.2 Å². The molecule has 2 N–H and O–H groups in total. The third kappa shape index (κ3) is 3.75. The second-order valence-corrected chi connectivity index (χ2v) is 7.36. The van der Waals surface area contributed by atoms with Crippen molar-refractivity contribution in [1.82, 2.24) is 9.71 Å². The third-order valence-electron chi connectivity index (χ3n) is 2.43. The van der Waals surface area contributed by atoms with Crippen molar-refractivity contribution in [1.29, 1.82) is 0 Å². The number of nitro groups is 1. The number of aromatic amines is 1. The molecule has 2 aromatic rings. The lowest BCUT2D eigenvalue weighted by atomic mass is 10.3. The Morgan fingerprint density at radius 1 is 1.43 bits per heavy atom. The number of nitrogens with zero attached hydrogens (tertiary/aromatic N) is 1. The number of thiazole rings is 1. The third-order valence-corrected chi connectivity index (χ3v) is 5.07. The molecule has 0 saturated heterocycles. The van der Waals surface area contributed by atoms with Crippen LogP contribution >= 0.6 is 27.3 Å². The molecule has 0 aliphatic heterocycles. The predicted molar refractivity (Wildman–Crippen MR) is 79.8 cm³/mol. The van der Waals surface area contributed by atoms with Crippen LogP contribution in [-0.4, -0.2) is 18.3 Å². The Hall–Kier alpha value is -1.56. The summed E-state index contributed by atoms with van der Waals surface area (Å²) in [5, 5.41) is 12.4. The molecule has 2 rings (SSSR count). The summed E-state index contributed by atoms with van der Waals surface area (Å²) in [5.41, 5.74) is -0.143. The summed E-state index contributed by atoms with van der Waals surface area (Å²) in [6.07, 6.45) is 0. The predicted octanol–water partition coefficient (Wildman–Crippen LogP) is 1.59. The van der Waals surface area contributed by atoms with Crippen LogP contribution in [0.2, 0.25) is 0 Å². The molecular weight excluding hydrogens is 386 g/mol. The first-order valence-corrected chi connectivity index (χ1v) is 8.55. The minimum Gasteiger partial charge on any atom is -0.315 e. The normalized spacial score (nSPS) is 11.5. The maximum absolute atomic E-state index is 12.2. The Morgan fingerprint density at radius 3 is 2.71 bits per heavy atom. The average Bonchev–Trinajstić information content (AvgIpc) is 2.82. The molecule has 8 nitrogen and oxygen atoms in total. The Labute approximate surface area is 131 Å². The fourth-order valence-electron chi connectivity index (χ4n) is 1.51. The molecule has 0 spiro atoms. The van der Waals surface area contributed by atoms with E-state index in [1.165, 1.54) is 11.4 Å². The van der Waals surface area contributed by atoms with Crippen LogP contribution in [0.1, 0.15) is 5.69 Å². The van der Waals surface area contributed by atoms with Crippen molar-refractivity contribution in [3.63, 3.8) is 0 Å². The monoisotopic (exact) mass is 393 g/mol. The quantitative estimate of drug-likeness (QED) is 0.589. The Balaban J connectivity index is 2.33. The number of aromatic nitrogens is 1. The van der Waals surface area contributed by atoms with Crippen LogP contribution in [-0.2, 0) is 16.6 Å². The molecule has 0 saturated carbocycles. The van der Waals surface area contributed by atoms with Gasteiger partial charge in [-0.3, -0.25) is 14.9 Å². The number of nitrogens with one attached hydrogen (secondary N) is 2. The summed E-state index contributed by atoms with van der Waals surface area (Å²) in [5.74, 6) is 0. The largest absolute Gasteiger partial charge is 0.315 e. The first-order valence-electron chi connectivity index (χ1n) is 5.40. The SMILES string of the molecule is O=c1[nH]c(CNS(=O)(=O)c2cc(Br)ccc2[N+](=O)[O-])cs1. The number of rotatable bonds is 5. The van der Waals surface area contributed by atoms with Crippen LogP contribution in [0.15, 0.2) is 37.7 Å². The lowest BCUT2D eigenvalue weighted by Gasteiger charge is -2.06. The van der Waals surface area contributed by atoms with Crippen molar-refractivity contribution in [3.05, 3.63) is 53.5 Å². The highest BCUT2D eigenvalue weighted by molar-refractivity contribution is 9.10. The van der Waals surface area contributed by atoms with E-state index in [2.05, 4.69) is 25.6 Å². The van der Waals surface area contributed by atoms with Crippen molar-refractivity contribution in [2.24, 2.45) is 0 Å². The summed E-state index contributed by atoms with van der Waals surface area (Å²) in [6, 6.07) is 3.63. The van der Waals surface area contributed by atoms with Gasteiger partial charge in [0.05, 0.1) is 11.5 Å². The highest BCUT2D eigenvalue weighted by atomic mass is 79.9. The molecule has 0 fully saturated rings. The fraction of sp³-hybridized carbons (Fsp3) is 0.100. The average molecular weight is 394 g/mol. The number of H-pyrrole nitrogens is 1. The van der Waals surface area contributed by atoms with Gasteiger partial charge >= 0.3 is 4.87 Å². The van der Waals surface area contributed by atoms with Gasteiger partial charge in [-0.1, -0.05) is 27.3 Å². The number of halogens is 1. The molecule has 1 aromatic heterocycles. The second-order valence-electron chi connectivity index (χ2n) is 3.87. The van der Waals surface area contributed by atoms with Gasteiger partial charge in [0.2, 0.25) is 10.0 Å². The molecule has 0 atom stereocenters. The number of benzene rings is 1. The van der Waals surface area contributed by atoms with Crippen molar-refractivity contribution in [3.8, 4) is 0 Å². The van der Waals surface area contributed by atoms with E-state index < -0.39 is 25.5 Å². The van der Waals surface area contributed by atoms with Crippen LogP contribution in [0.5, 0.6) is 0 Å². The van der Waals surface area contributed by atoms with Gasteiger partial charge in [0.1, 0.15) is 0 Å². The number of hydrogen-bond acceptors (Lipinski definition) is 6. The van der Waals surface area contributed by atoms with E-state index in [9.17, 15) is 23.3 Å². The first kappa shape index (κ1) is 15.8. The van der Waals surface area contributed by atoms with Crippen molar-refractivity contribution < 1.29 is 13.3 Å². The zero-order valence-electron chi connectivity index (χ0n) is 10.2. The summed E-state index contributed by atoms with van der Waals surface area (Å²) < 4.78 is 26.9. The summed E-state index contributed by atoms with van der Waals surface area (Å²) in [6.45, 7) is -0.162. The van der Waals surface area contributed by atoms with Gasteiger partial charge in [-0.15, -0.1) is 0 Å². The van der Waals surface area contributed by atoms with E-state index in [-0.39, 0.29) is 11.4 Å². The molecule has 1 aromatic carbocycles. The molecule has 0 unspecified atom stereocenters. The van der Waals surface area contributed by atoms with Gasteiger partial charge in [0.25, 0.3) is 5.69 Å². The molecule has 0 aliphatic carbocycles. The maximum Gasteiger partial charge on any atom is 0.304 e. The molecule has 21 heavy (non-hydrogen) atoms. The lowest BCUT2D eigenvalue weighted by molar-refractivity contribution is -0.387. The second kappa shape index (κ2) is 6.05.